The summed E-state index contributed by atoms with van der Waals surface area (Å²) in [6, 6.07) is 8.33. The van der Waals surface area contributed by atoms with Crippen molar-refractivity contribution < 1.29 is 0 Å². The smallest absolute Gasteiger partial charge is 0.142 e. The van der Waals surface area contributed by atoms with Crippen LogP contribution in [0.3, 0.4) is 0 Å². The molecule has 0 saturated heterocycles. The fourth-order valence-electron chi connectivity index (χ4n) is 1.12. The van der Waals surface area contributed by atoms with Crippen LogP contribution in [0, 0.1) is 6.92 Å². The Bertz CT molecular complexity index is 422. The minimum Gasteiger partial charge on any atom is -0.142 e. The van der Waals surface area contributed by atoms with Gasteiger partial charge in [-0.15, -0.1) is 10.2 Å². The van der Waals surface area contributed by atoms with Gasteiger partial charge in [0.25, 0.3) is 0 Å². The molecule has 1 aromatic carbocycles. The first-order valence-corrected chi connectivity index (χ1v) is 6.19. The van der Waals surface area contributed by atoms with Gasteiger partial charge in [0.2, 0.25) is 0 Å². The van der Waals surface area contributed by atoms with Crippen molar-refractivity contribution in [3.8, 4) is 10.6 Å². The predicted octanol–water partition coefficient (Wildman–Crippen LogP) is 3.41. The van der Waals surface area contributed by atoms with E-state index in [4.69, 9.17) is 0 Å². The van der Waals surface area contributed by atoms with Crippen LogP contribution in [-0.4, -0.2) is 10.2 Å². The number of hydrogen-bond acceptors (Lipinski definition) is 3. The van der Waals surface area contributed by atoms with E-state index in [1.807, 2.05) is 0 Å². The second-order valence-electron chi connectivity index (χ2n) is 3.00. The highest BCUT2D eigenvalue weighted by Crippen LogP contribution is 2.24. The van der Waals surface area contributed by atoms with E-state index in [-0.39, 0.29) is 0 Å². The van der Waals surface area contributed by atoms with Gasteiger partial charge in [0.15, 0.2) is 0 Å². The first-order valence-electron chi connectivity index (χ1n) is 4.25. The van der Waals surface area contributed by atoms with Crippen molar-refractivity contribution in [2.24, 2.45) is 0 Å². The van der Waals surface area contributed by atoms with E-state index in [0.717, 1.165) is 20.9 Å². The molecule has 2 aromatic rings. The molecule has 0 aliphatic heterocycles. The SMILES string of the molecule is Cc1ccc(-c2nnc(CBr)s2)cc1. The standard InChI is InChI=1S/C10H9BrN2S/c1-7-2-4-8(5-3-7)10-13-12-9(6-11)14-10/h2-5H,6H2,1H3. The topological polar surface area (TPSA) is 25.8 Å². The maximum atomic E-state index is 4.13. The molecule has 4 heteroatoms. The third-order valence-electron chi connectivity index (χ3n) is 1.88. The molecule has 0 aliphatic rings. The van der Waals surface area contributed by atoms with Crippen molar-refractivity contribution in [1.29, 1.82) is 0 Å². The molecule has 0 radical (unpaired) electrons. The van der Waals surface area contributed by atoms with Gasteiger partial charge in [0, 0.05) is 5.56 Å². The Morgan fingerprint density at radius 1 is 1.21 bits per heavy atom. The lowest BCUT2D eigenvalue weighted by Crippen LogP contribution is -1.77. The lowest BCUT2D eigenvalue weighted by Gasteiger charge is -1.94. The van der Waals surface area contributed by atoms with Gasteiger partial charge in [-0.05, 0) is 6.92 Å². The van der Waals surface area contributed by atoms with Gasteiger partial charge in [0.1, 0.15) is 10.0 Å². The lowest BCUT2D eigenvalue weighted by molar-refractivity contribution is 1.05. The minimum absolute atomic E-state index is 0.774. The molecule has 0 saturated carbocycles. The van der Waals surface area contributed by atoms with Crippen molar-refractivity contribution in [2.45, 2.75) is 12.3 Å². The number of halogens is 1. The Labute approximate surface area is 95.1 Å². The van der Waals surface area contributed by atoms with Crippen LogP contribution in [0.4, 0.5) is 0 Å². The molecule has 0 atom stereocenters. The van der Waals surface area contributed by atoms with Gasteiger partial charge in [-0.2, -0.15) is 0 Å². The third-order valence-corrected chi connectivity index (χ3v) is 3.75. The van der Waals surface area contributed by atoms with Gasteiger partial charge in [-0.3, -0.25) is 0 Å². The zero-order valence-corrected chi connectivity index (χ0v) is 10.1. The average Bonchev–Trinajstić information content (AvgIpc) is 2.67. The van der Waals surface area contributed by atoms with Crippen LogP contribution in [0.15, 0.2) is 24.3 Å². The van der Waals surface area contributed by atoms with Crippen LogP contribution in [-0.2, 0) is 5.33 Å². The van der Waals surface area contributed by atoms with Crippen LogP contribution in [0.2, 0.25) is 0 Å². The van der Waals surface area contributed by atoms with Crippen molar-refractivity contribution in [3.63, 3.8) is 0 Å². The van der Waals surface area contributed by atoms with E-state index in [1.54, 1.807) is 11.3 Å². The number of alkyl halides is 1. The Balaban J connectivity index is 2.34. The van der Waals surface area contributed by atoms with E-state index in [0.29, 0.717) is 0 Å². The summed E-state index contributed by atoms with van der Waals surface area (Å²) >= 11 is 4.99. The van der Waals surface area contributed by atoms with Gasteiger partial charge in [-0.25, -0.2) is 0 Å². The third kappa shape index (κ3) is 2.01. The number of aromatic nitrogens is 2. The van der Waals surface area contributed by atoms with E-state index in [9.17, 15) is 0 Å². The molecule has 1 aromatic heterocycles. The average molecular weight is 269 g/mol. The summed E-state index contributed by atoms with van der Waals surface area (Å²) in [5.74, 6) is 0. The summed E-state index contributed by atoms with van der Waals surface area (Å²) in [5.41, 5.74) is 2.40. The molecule has 0 N–H and O–H groups in total. The van der Waals surface area contributed by atoms with Crippen molar-refractivity contribution in [1.82, 2.24) is 10.2 Å². The molecule has 0 fully saturated rings. The summed E-state index contributed by atoms with van der Waals surface area (Å²) in [4.78, 5) is 0. The van der Waals surface area contributed by atoms with Crippen molar-refractivity contribution in [3.05, 3.63) is 34.8 Å². The summed E-state index contributed by atoms with van der Waals surface area (Å²) in [7, 11) is 0. The largest absolute Gasteiger partial charge is 0.147 e. The fraction of sp³-hybridized carbons (Fsp3) is 0.200. The predicted molar refractivity (Wildman–Crippen MR) is 62.7 cm³/mol. The minimum atomic E-state index is 0.774. The number of rotatable bonds is 2. The zero-order chi connectivity index (χ0) is 9.97. The fourth-order valence-corrected chi connectivity index (χ4v) is 2.27. The number of hydrogen-bond donors (Lipinski definition) is 0. The second-order valence-corrected chi connectivity index (χ2v) is 4.62. The quantitative estimate of drug-likeness (QED) is 0.781. The Morgan fingerprint density at radius 3 is 2.50 bits per heavy atom. The molecule has 1 heterocycles. The van der Waals surface area contributed by atoms with Crippen LogP contribution >= 0.6 is 27.3 Å². The highest BCUT2D eigenvalue weighted by molar-refractivity contribution is 9.08. The van der Waals surface area contributed by atoms with Crippen molar-refractivity contribution in [2.75, 3.05) is 0 Å². The summed E-state index contributed by atoms with van der Waals surface area (Å²) in [6.45, 7) is 2.08. The van der Waals surface area contributed by atoms with Crippen LogP contribution < -0.4 is 0 Å². The van der Waals surface area contributed by atoms with Gasteiger partial charge in [-0.1, -0.05) is 57.1 Å². The van der Waals surface area contributed by atoms with Crippen molar-refractivity contribution >= 4 is 27.3 Å². The molecule has 0 spiro atoms. The lowest BCUT2D eigenvalue weighted by atomic mass is 10.2. The second kappa shape index (κ2) is 4.19. The maximum Gasteiger partial charge on any atom is 0.147 e. The number of aryl methyl sites for hydroxylation is 1. The summed E-state index contributed by atoms with van der Waals surface area (Å²) in [5, 5.41) is 11.0. The zero-order valence-electron chi connectivity index (χ0n) is 7.70. The number of benzene rings is 1. The van der Waals surface area contributed by atoms with Crippen LogP contribution in [0.1, 0.15) is 10.6 Å². The number of nitrogens with zero attached hydrogens (tertiary/aromatic N) is 2. The van der Waals surface area contributed by atoms with Crippen LogP contribution in [0.5, 0.6) is 0 Å². The van der Waals surface area contributed by atoms with Gasteiger partial charge < -0.3 is 0 Å². The van der Waals surface area contributed by atoms with E-state index < -0.39 is 0 Å². The molecule has 0 aliphatic carbocycles. The summed E-state index contributed by atoms with van der Waals surface area (Å²) in [6.07, 6.45) is 0. The van der Waals surface area contributed by atoms with E-state index in [1.165, 1.54) is 5.56 Å². The molecule has 0 unspecified atom stereocenters. The molecule has 0 bridgehead atoms. The molecule has 72 valence electrons. The molecular weight excluding hydrogens is 260 g/mol. The molecule has 2 nitrogen and oxygen atoms in total. The molecule has 0 amide bonds. The highest BCUT2D eigenvalue weighted by Gasteiger charge is 2.04. The Hall–Kier alpha value is -0.740. The molecule has 2 rings (SSSR count). The van der Waals surface area contributed by atoms with Crippen LogP contribution in [0.25, 0.3) is 10.6 Å². The Kier molecular flexibility index (Phi) is 2.93. The van der Waals surface area contributed by atoms with E-state index >= 15 is 0 Å². The van der Waals surface area contributed by atoms with Gasteiger partial charge >= 0.3 is 0 Å². The summed E-state index contributed by atoms with van der Waals surface area (Å²) < 4.78 is 0. The monoisotopic (exact) mass is 268 g/mol. The normalized spacial score (nSPS) is 10.4. The molecule has 14 heavy (non-hydrogen) atoms. The van der Waals surface area contributed by atoms with E-state index in [2.05, 4.69) is 57.3 Å². The Morgan fingerprint density at radius 2 is 1.93 bits per heavy atom. The first kappa shape index (κ1) is 9.80. The van der Waals surface area contributed by atoms with Gasteiger partial charge in [0.05, 0.1) is 5.33 Å². The highest BCUT2D eigenvalue weighted by atomic mass is 79.9. The first-order chi connectivity index (χ1) is 6.79. The molecular formula is C10H9BrN2S. The maximum absolute atomic E-state index is 4.13.